The predicted molar refractivity (Wildman–Crippen MR) is 71.6 cm³/mol. The Kier molecular flexibility index (Phi) is 3.75. The van der Waals surface area contributed by atoms with E-state index < -0.39 is 10.0 Å². The molecule has 0 bridgehead atoms. The molecule has 7 heteroatoms. The molecule has 0 aliphatic heterocycles. The summed E-state index contributed by atoms with van der Waals surface area (Å²) in [5.74, 6) is 0.490. The van der Waals surface area contributed by atoms with Crippen LogP contribution >= 0.6 is 0 Å². The molecule has 0 amide bonds. The van der Waals surface area contributed by atoms with Crippen LogP contribution < -0.4 is 9.46 Å². The Morgan fingerprint density at radius 1 is 1.37 bits per heavy atom. The summed E-state index contributed by atoms with van der Waals surface area (Å²) in [4.78, 5) is 3.83. The number of para-hydroxylation sites is 2. The van der Waals surface area contributed by atoms with Gasteiger partial charge in [-0.3, -0.25) is 4.72 Å². The van der Waals surface area contributed by atoms with Crippen molar-refractivity contribution in [1.82, 2.24) is 9.55 Å². The fraction of sp³-hybridized carbons (Fsp3) is 0.250. The molecule has 102 valence electrons. The first-order valence-corrected chi connectivity index (χ1v) is 7.24. The molecule has 2 aromatic rings. The molecule has 1 N–H and O–H groups in total. The number of nitrogens with one attached hydrogen (secondary N) is 1. The van der Waals surface area contributed by atoms with E-state index in [1.54, 1.807) is 35.9 Å². The maximum Gasteiger partial charge on any atom is 0.281 e. The van der Waals surface area contributed by atoms with Crippen LogP contribution in [0.5, 0.6) is 5.75 Å². The van der Waals surface area contributed by atoms with Crippen molar-refractivity contribution < 1.29 is 13.2 Å². The van der Waals surface area contributed by atoms with Crippen LogP contribution in [0.15, 0.2) is 41.8 Å². The number of ether oxygens (including phenoxy) is 1. The van der Waals surface area contributed by atoms with Crippen molar-refractivity contribution in [2.75, 3.05) is 11.3 Å². The first-order chi connectivity index (χ1) is 9.03. The number of nitrogens with zero attached hydrogens (tertiary/aromatic N) is 2. The van der Waals surface area contributed by atoms with E-state index in [4.69, 9.17) is 4.74 Å². The fourth-order valence-corrected chi connectivity index (χ4v) is 2.61. The number of sulfonamides is 1. The molecule has 19 heavy (non-hydrogen) atoms. The Hall–Kier alpha value is -2.02. The van der Waals surface area contributed by atoms with E-state index in [1.165, 1.54) is 12.5 Å². The lowest BCUT2D eigenvalue weighted by atomic mass is 10.3. The van der Waals surface area contributed by atoms with E-state index in [9.17, 15) is 8.42 Å². The molecule has 6 nitrogen and oxygen atoms in total. The van der Waals surface area contributed by atoms with Crippen LogP contribution in [0.4, 0.5) is 5.69 Å². The number of imidazole rings is 1. The topological polar surface area (TPSA) is 73.2 Å². The predicted octanol–water partition coefficient (Wildman–Crippen LogP) is 1.62. The van der Waals surface area contributed by atoms with Crippen LogP contribution in [0.2, 0.25) is 0 Å². The van der Waals surface area contributed by atoms with Crippen LogP contribution in [0.25, 0.3) is 0 Å². The van der Waals surface area contributed by atoms with Crippen molar-refractivity contribution in [3.05, 3.63) is 36.8 Å². The van der Waals surface area contributed by atoms with Gasteiger partial charge in [-0.15, -0.1) is 0 Å². The summed E-state index contributed by atoms with van der Waals surface area (Å²) in [5.41, 5.74) is 0.398. The van der Waals surface area contributed by atoms with Gasteiger partial charge in [0.15, 0.2) is 5.03 Å². The highest BCUT2D eigenvalue weighted by Gasteiger charge is 2.18. The number of aryl methyl sites for hydroxylation is 1. The highest BCUT2D eigenvalue weighted by molar-refractivity contribution is 7.92. The van der Waals surface area contributed by atoms with Gasteiger partial charge >= 0.3 is 0 Å². The molecule has 0 fully saturated rings. The van der Waals surface area contributed by atoms with Gasteiger partial charge in [0.05, 0.1) is 18.6 Å². The summed E-state index contributed by atoms with van der Waals surface area (Å²) in [5, 5.41) is -0.0266. The van der Waals surface area contributed by atoms with Crippen molar-refractivity contribution in [3.63, 3.8) is 0 Å². The normalized spacial score (nSPS) is 11.3. The van der Waals surface area contributed by atoms with Crippen molar-refractivity contribution in [2.45, 2.75) is 11.9 Å². The molecule has 0 radical (unpaired) electrons. The molecule has 0 atom stereocenters. The molecule has 2 rings (SSSR count). The fourth-order valence-electron chi connectivity index (χ4n) is 1.56. The van der Waals surface area contributed by atoms with Crippen LogP contribution in [-0.2, 0) is 17.1 Å². The smallest absolute Gasteiger partial charge is 0.281 e. The maximum atomic E-state index is 12.1. The zero-order valence-corrected chi connectivity index (χ0v) is 11.5. The van der Waals surface area contributed by atoms with E-state index >= 15 is 0 Å². The number of anilines is 1. The SMILES string of the molecule is CCOc1ccccc1NS(=O)(=O)c1cn(C)cn1. The maximum absolute atomic E-state index is 12.1. The monoisotopic (exact) mass is 281 g/mol. The number of hydrogen-bond donors (Lipinski definition) is 1. The number of hydrogen-bond acceptors (Lipinski definition) is 4. The van der Waals surface area contributed by atoms with Gasteiger partial charge < -0.3 is 9.30 Å². The second kappa shape index (κ2) is 5.31. The van der Waals surface area contributed by atoms with Crippen LogP contribution in [0.3, 0.4) is 0 Å². The van der Waals surface area contributed by atoms with Gasteiger partial charge in [-0.05, 0) is 19.1 Å². The third-order valence-electron chi connectivity index (χ3n) is 2.39. The van der Waals surface area contributed by atoms with Crippen molar-refractivity contribution in [1.29, 1.82) is 0 Å². The molecule has 1 aromatic heterocycles. The van der Waals surface area contributed by atoms with Gasteiger partial charge in [-0.1, -0.05) is 12.1 Å². The summed E-state index contributed by atoms with van der Waals surface area (Å²) in [6.07, 6.45) is 2.87. The molecule has 0 saturated heterocycles. The molecule has 0 spiro atoms. The Bertz CT molecular complexity index is 664. The lowest BCUT2D eigenvalue weighted by molar-refractivity contribution is 0.342. The summed E-state index contributed by atoms with van der Waals surface area (Å²) in [6.45, 7) is 2.30. The van der Waals surface area contributed by atoms with E-state index in [2.05, 4.69) is 9.71 Å². The molecule has 0 aliphatic rings. The van der Waals surface area contributed by atoms with E-state index in [1.807, 2.05) is 6.92 Å². The average Bonchev–Trinajstić information content (AvgIpc) is 2.79. The average molecular weight is 281 g/mol. The molecule has 0 saturated carbocycles. The minimum absolute atomic E-state index is 0.0266. The third kappa shape index (κ3) is 3.05. The first kappa shape index (κ1) is 13.4. The molecule has 1 aromatic carbocycles. The van der Waals surface area contributed by atoms with E-state index in [0.717, 1.165) is 0 Å². The van der Waals surface area contributed by atoms with Gasteiger partial charge in [0.2, 0.25) is 0 Å². The Balaban J connectivity index is 2.30. The largest absolute Gasteiger partial charge is 0.492 e. The van der Waals surface area contributed by atoms with E-state index in [-0.39, 0.29) is 5.03 Å². The van der Waals surface area contributed by atoms with Gasteiger partial charge in [0, 0.05) is 13.2 Å². The zero-order valence-electron chi connectivity index (χ0n) is 10.7. The lowest BCUT2D eigenvalue weighted by Gasteiger charge is -2.11. The molecule has 1 heterocycles. The Labute approximate surface area is 112 Å². The summed E-state index contributed by atoms with van der Waals surface area (Å²) in [6, 6.07) is 6.87. The number of rotatable bonds is 5. The van der Waals surface area contributed by atoms with Gasteiger partial charge in [0.25, 0.3) is 10.0 Å². The second-order valence-corrected chi connectivity index (χ2v) is 5.54. The zero-order chi connectivity index (χ0) is 13.9. The van der Waals surface area contributed by atoms with Crippen molar-refractivity contribution in [2.24, 2.45) is 7.05 Å². The summed E-state index contributed by atoms with van der Waals surface area (Å²) >= 11 is 0. The summed E-state index contributed by atoms with van der Waals surface area (Å²) in [7, 11) is -1.99. The Morgan fingerprint density at radius 2 is 2.11 bits per heavy atom. The standard InChI is InChI=1S/C12H15N3O3S/c1-3-18-11-7-5-4-6-10(11)14-19(16,17)12-8-15(2)9-13-12/h4-9,14H,3H2,1-2H3. The van der Waals surface area contributed by atoms with E-state index in [0.29, 0.717) is 18.0 Å². The molecule has 0 unspecified atom stereocenters. The minimum Gasteiger partial charge on any atom is -0.492 e. The van der Waals surface area contributed by atoms with Crippen LogP contribution in [0, 0.1) is 0 Å². The molecule has 0 aliphatic carbocycles. The quantitative estimate of drug-likeness (QED) is 0.903. The lowest BCUT2D eigenvalue weighted by Crippen LogP contribution is -2.14. The minimum atomic E-state index is -3.70. The summed E-state index contributed by atoms with van der Waals surface area (Å²) < 4.78 is 33.7. The van der Waals surface area contributed by atoms with Gasteiger partial charge in [-0.2, -0.15) is 8.42 Å². The number of benzene rings is 1. The molecular formula is C12H15N3O3S. The molecular weight excluding hydrogens is 266 g/mol. The van der Waals surface area contributed by atoms with Crippen molar-refractivity contribution >= 4 is 15.7 Å². The van der Waals surface area contributed by atoms with Gasteiger partial charge in [-0.25, -0.2) is 4.98 Å². The van der Waals surface area contributed by atoms with Crippen LogP contribution in [0.1, 0.15) is 6.92 Å². The number of aromatic nitrogens is 2. The highest BCUT2D eigenvalue weighted by atomic mass is 32.2. The van der Waals surface area contributed by atoms with Crippen LogP contribution in [-0.4, -0.2) is 24.6 Å². The second-order valence-electron chi connectivity index (χ2n) is 3.91. The third-order valence-corrected chi connectivity index (χ3v) is 3.64. The first-order valence-electron chi connectivity index (χ1n) is 5.75. The van der Waals surface area contributed by atoms with Gasteiger partial charge in [0.1, 0.15) is 5.75 Å². The highest BCUT2D eigenvalue weighted by Crippen LogP contribution is 2.26. The Morgan fingerprint density at radius 3 is 2.74 bits per heavy atom. The van der Waals surface area contributed by atoms with Crippen molar-refractivity contribution in [3.8, 4) is 5.75 Å².